The van der Waals surface area contributed by atoms with Crippen LogP contribution in [0.4, 0.5) is 4.39 Å². The number of methoxy groups -OCH3 is 1. The van der Waals surface area contributed by atoms with Crippen LogP contribution in [-0.4, -0.2) is 51.5 Å². The van der Waals surface area contributed by atoms with Crippen LogP contribution in [-0.2, 0) is 6.54 Å². The van der Waals surface area contributed by atoms with Gasteiger partial charge in [0.15, 0.2) is 17.3 Å². The van der Waals surface area contributed by atoms with E-state index in [9.17, 15) is 9.18 Å². The van der Waals surface area contributed by atoms with Crippen molar-refractivity contribution in [3.05, 3.63) is 47.9 Å². The van der Waals surface area contributed by atoms with E-state index >= 15 is 0 Å². The normalized spacial score (nSPS) is 15.7. The summed E-state index contributed by atoms with van der Waals surface area (Å²) in [5.41, 5.74) is 2.42. The van der Waals surface area contributed by atoms with Crippen LogP contribution in [0.15, 0.2) is 30.9 Å². The number of ketones is 1. The SMILES string of the molecule is COc1cc2c(cc1F)c(C(C)=O)c(C)n2C1CCN(CCCn2ccnc2)CC1. The van der Waals surface area contributed by atoms with Crippen LogP contribution < -0.4 is 4.74 Å². The largest absolute Gasteiger partial charge is 0.494 e. The first-order valence-electron chi connectivity index (χ1n) is 10.6. The molecule has 1 fully saturated rings. The van der Waals surface area contributed by atoms with Crippen LogP contribution in [0.2, 0.25) is 0 Å². The van der Waals surface area contributed by atoms with E-state index in [1.54, 1.807) is 13.0 Å². The van der Waals surface area contributed by atoms with Crippen molar-refractivity contribution in [2.45, 2.75) is 45.7 Å². The highest BCUT2D eigenvalue weighted by molar-refractivity contribution is 6.08. The summed E-state index contributed by atoms with van der Waals surface area (Å²) in [7, 11) is 1.47. The number of Topliss-reactive ketones (excluding diaryl/α,β-unsaturated/α-hetero) is 1. The summed E-state index contributed by atoms with van der Waals surface area (Å²) in [5, 5.41) is 0.682. The maximum atomic E-state index is 14.4. The lowest BCUT2D eigenvalue weighted by molar-refractivity contribution is 0.101. The van der Waals surface area contributed by atoms with Gasteiger partial charge in [-0.15, -0.1) is 0 Å². The zero-order chi connectivity index (χ0) is 21.3. The predicted octanol–water partition coefficient (Wildman–Crippen LogP) is 4.22. The van der Waals surface area contributed by atoms with Gasteiger partial charge in [0, 0.05) is 60.8 Å². The molecule has 0 amide bonds. The summed E-state index contributed by atoms with van der Waals surface area (Å²) in [6.45, 7) is 7.60. The molecule has 1 aliphatic rings. The van der Waals surface area contributed by atoms with Gasteiger partial charge in [-0.3, -0.25) is 4.79 Å². The van der Waals surface area contributed by atoms with Crippen molar-refractivity contribution in [1.82, 2.24) is 19.0 Å². The Morgan fingerprint density at radius 1 is 1.27 bits per heavy atom. The van der Waals surface area contributed by atoms with E-state index in [2.05, 4.69) is 19.0 Å². The maximum Gasteiger partial charge on any atom is 0.165 e. The molecule has 0 unspecified atom stereocenters. The molecule has 0 N–H and O–H groups in total. The van der Waals surface area contributed by atoms with Crippen LogP contribution in [0, 0.1) is 12.7 Å². The van der Waals surface area contributed by atoms with Gasteiger partial charge in [-0.1, -0.05) is 0 Å². The smallest absolute Gasteiger partial charge is 0.165 e. The van der Waals surface area contributed by atoms with E-state index in [0.29, 0.717) is 17.0 Å². The fraction of sp³-hybridized carbons (Fsp3) is 0.478. The maximum absolute atomic E-state index is 14.4. The average Bonchev–Trinajstić information content (AvgIpc) is 3.33. The number of likely N-dealkylation sites (tertiary alicyclic amines) is 1. The van der Waals surface area contributed by atoms with Crippen LogP contribution in [0.1, 0.15) is 48.3 Å². The van der Waals surface area contributed by atoms with Gasteiger partial charge < -0.3 is 18.8 Å². The minimum atomic E-state index is -0.433. The van der Waals surface area contributed by atoms with Crippen molar-refractivity contribution >= 4 is 16.7 Å². The van der Waals surface area contributed by atoms with E-state index in [0.717, 1.165) is 56.7 Å². The molecule has 3 heterocycles. The van der Waals surface area contributed by atoms with E-state index in [4.69, 9.17) is 4.74 Å². The summed E-state index contributed by atoms with van der Waals surface area (Å²) in [6, 6.07) is 3.47. The number of aromatic nitrogens is 3. The Kier molecular flexibility index (Phi) is 5.90. The van der Waals surface area contributed by atoms with Gasteiger partial charge in [-0.05, 0) is 45.7 Å². The molecule has 7 heteroatoms. The minimum absolute atomic E-state index is 0.0299. The Labute approximate surface area is 176 Å². The number of carbonyl (C=O) groups excluding carboxylic acids is 1. The molecule has 1 saturated heterocycles. The Morgan fingerprint density at radius 3 is 2.67 bits per heavy atom. The summed E-state index contributed by atoms with van der Waals surface area (Å²) in [4.78, 5) is 18.9. The van der Waals surface area contributed by atoms with Gasteiger partial charge in [-0.25, -0.2) is 9.37 Å². The number of hydrogen-bond donors (Lipinski definition) is 0. The summed E-state index contributed by atoms with van der Waals surface area (Å²) < 4.78 is 23.9. The topological polar surface area (TPSA) is 52.3 Å². The van der Waals surface area contributed by atoms with Gasteiger partial charge in [0.1, 0.15) is 0 Å². The van der Waals surface area contributed by atoms with Crippen molar-refractivity contribution in [2.75, 3.05) is 26.7 Å². The first-order chi connectivity index (χ1) is 14.5. The number of piperidine rings is 1. The molecule has 30 heavy (non-hydrogen) atoms. The highest BCUT2D eigenvalue weighted by Gasteiger charge is 2.27. The lowest BCUT2D eigenvalue weighted by Crippen LogP contribution is -2.35. The molecular weight excluding hydrogens is 383 g/mol. The van der Waals surface area contributed by atoms with Crippen LogP contribution in [0.25, 0.3) is 10.9 Å². The lowest BCUT2D eigenvalue weighted by atomic mass is 10.0. The number of rotatable bonds is 7. The van der Waals surface area contributed by atoms with Crippen LogP contribution >= 0.6 is 0 Å². The molecule has 1 aliphatic heterocycles. The molecular formula is C23H29FN4O2. The van der Waals surface area contributed by atoms with Crippen molar-refractivity contribution in [1.29, 1.82) is 0 Å². The van der Waals surface area contributed by atoms with Gasteiger partial charge in [0.25, 0.3) is 0 Å². The van der Waals surface area contributed by atoms with Crippen molar-refractivity contribution in [2.24, 2.45) is 0 Å². The van der Waals surface area contributed by atoms with Crippen molar-refractivity contribution < 1.29 is 13.9 Å². The average molecular weight is 413 g/mol. The van der Waals surface area contributed by atoms with E-state index in [1.807, 2.05) is 25.6 Å². The molecule has 0 atom stereocenters. The van der Waals surface area contributed by atoms with Gasteiger partial charge in [-0.2, -0.15) is 0 Å². The number of aryl methyl sites for hydroxylation is 1. The second-order valence-electron chi connectivity index (χ2n) is 8.12. The number of hydrogen-bond acceptors (Lipinski definition) is 4. The fourth-order valence-electron chi connectivity index (χ4n) is 4.81. The Balaban J connectivity index is 1.52. The summed E-state index contributed by atoms with van der Waals surface area (Å²) in [5.74, 6) is -0.247. The number of benzene rings is 1. The highest BCUT2D eigenvalue weighted by atomic mass is 19.1. The van der Waals surface area contributed by atoms with Gasteiger partial charge >= 0.3 is 0 Å². The highest BCUT2D eigenvalue weighted by Crippen LogP contribution is 2.36. The third-order valence-corrected chi connectivity index (χ3v) is 6.25. The molecule has 0 aliphatic carbocycles. The monoisotopic (exact) mass is 412 g/mol. The number of imidazole rings is 1. The quantitative estimate of drug-likeness (QED) is 0.545. The van der Waals surface area contributed by atoms with E-state index in [-0.39, 0.29) is 11.5 Å². The molecule has 0 spiro atoms. The zero-order valence-electron chi connectivity index (χ0n) is 17.9. The molecule has 4 rings (SSSR count). The molecule has 1 aromatic carbocycles. The van der Waals surface area contributed by atoms with Gasteiger partial charge in [0.05, 0.1) is 19.0 Å². The second kappa shape index (κ2) is 8.60. The second-order valence-corrected chi connectivity index (χ2v) is 8.12. The van der Waals surface area contributed by atoms with E-state index in [1.165, 1.54) is 13.2 Å². The van der Waals surface area contributed by atoms with Crippen molar-refractivity contribution in [3.63, 3.8) is 0 Å². The molecule has 6 nitrogen and oxygen atoms in total. The molecule has 2 aromatic heterocycles. The lowest BCUT2D eigenvalue weighted by Gasteiger charge is -2.34. The fourth-order valence-corrected chi connectivity index (χ4v) is 4.81. The van der Waals surface area contributed by atoms with Crippen molar-refractivity contribution in [3.8, 4) is 5.75 Å². The zero-order valence-corrected chi connectivity index (χ0v) is 17.9. The Morgan fingerprint density at radius 2 is 2.03 bits per heavy atom. The Bertz CT molecular complexity index is 1030. The minimum Gasteiger partial charge on any atom is -0.494 e. The number of nitrogens with zero attached hydrogens (tertiary/aromatic N) is 4. The van der Waals surface area contributed by atoms with Crippen LogP contribution in [0.3, 0.4) is 0 Å². The Hall–Kier alpha value is -2.67. The summed E-state index contributed by atoms with van der Waals surface area (Å²) >= 11 is 0. The first-order valence-corrected chi connectivity index (χ1v) is 10.6. The number of fused-ring (bicyclic) bond motifs is 1. The third-order valence-electron chi connectivity index (χ3n) is 6.25. The number of carbonyl (C=O) groups is 1. The standard InChI is InChI=1S/C23H29FN4O2/c1-16-23(17(2)29)19-13-20(24)22(30-3)14-21(19)28(16)18-5-10-26(11-6-18)8-4-9-27-12-7-25-15-27/h7,12-15,18H,4-6,8-11H2,1-3H3. The van der Waals surface area contributed by atoms with E-state index < -0.39 is 5.82 Å². The molecule has 0 bridgehead atoms. The molecule has 160 valence electrons. The van der Waals surface area contributed by atoms with Gasteiger partial charge in [0.2, 0.25) is 0 Å². The first kappa shape index (κ1) is 20.6. The number of halogens is 1. The van der Waals surface area contributed by atoms with Crippen LogP contribution in [0.5, 0.6) is 5.75 Å². The number of ether oxygens (including phenoxy) is 1. The molecule has 0 saturated carbocycles. The molecule has 0 radical (unpaired) electrons. The predicted molar refractivity (Wildman–Crippen MR) is 115 cm³/mol. The summed E-state index contributed by atoms with van der Waals surface area (Å²) in [6.07, 6.45) is 8.77. The third kappa shape index (κ3) is 3.86. The molecule has 3 aromatic rings.